The molecule has 0 unspecified atom stereocenters. The summed E-state index contributed by atoms with van der Waals surface area (Å²) < 4.78 is 18.8. The number of carbonyl (C=O) groups is 1. The second-order valence-corrected chi connectivity index (χ2v) is 8.42. The van der Waals surface area contributed by atoms with Gasteiger partial charge in [0, 0.05) is 48.6 Å². The number of piperidine rings is 1. The second-order valence-electron chi connectivity index (χ2n) is 8.42. The molecule has 1 saturated heterocycles. The summed E-state index contributed by atoms with van der Waals surface area (Å²) in [6, 6.07) is 13.1. The van der Waals surface area contributed by atoms with Crippen molar-refractivity contribution in [2.75, 3.05) is 13.1 Å². The molecule has 0 aliphatic carbocycles. The number of para-hydroxylation sites is 1. The standard InChI is InChI=1S/C25H25FN4O2/c1-16-14-18(6-7-21(16)26)25-28-23(32-29-25)8-9-24(31)30-12-10-17(11-13-30)20-15-27-22-5-3-2-4-19(20)22/h2-7,14-15,17,27H,8-13H2,1H3. The molecule has 32 heavy (non-hydrogen) atoms. The number of aromatic nitrogens is 3. The number of nitrogens with one attached hydrogen (secondary N) is 1. The van der Waals surface area contributed by atoms with Crippen LogP contribution in [0.2, 0.25) is 0 Å². The number of aromatic amines is 1. The van der Waals surface area contributed by atoms with E-state index >= 15 is 0 Å². The van der Waals surface area contributed by atoms with E-state index in [4.69, 9.17) is 4.52 Å². The Bertz CT molecular complexity index is 1250. The van der Waals surface area contributed by atoms with Gasteiger partial charge in [0.2, 0.25) is 17.6 Å². The molecule has 0 spiro atoms. The lowest BCUT2D eigenvalue weighted by atomic mass is 9.89. The van der Waals surface area contributed by atoms with Gasteiger partial charge in [0.15, 0.2) is 0 Å². The first-order valence-electron chi connectivity index (χ1n) is 11.0. The number of likely N-dealkylation sites (tertiary alicyclic amines) is 1. The van der Waals surface area contributed by atoms with Crippen molar-refractivity contribution in [2.24, 2.45) is 0 Å². The highest BCUT2D eigenvalue weighted by molar-refractivity contribution is 5.83. The molecule has 1 N–H and O–H groups in total. The van der Waals surface area contributed by atoms with Crippen molar-refractivity contribution in [3.8, 4) is 11.4 Å². The zero-order valence-electron chi connectivity index (χ0n) is 18.0. The molecule has 0 bridgehead atoms. The van der Waals surface area contributed by atoms with Gasteiger partial charge < -0.3 is 14.4 Å². The predicted molar refractivity (Wildman–Crippen MR) is 120 cm³/mol. The van der Waals surface area contributed by atoms with Crippen molar-refractivity contribution in [1.29, 1.82) is 0 Å². The summed E-state index contributed by atoms with van der Waals surface area (Å²) in [5.41, 5.74) is 3.74. The average molecular weight is 432 g/mol. The first-order chi connectivity index (χ1) is 15.6. The van der Waals surface area contributed by atoms with E-state index < -0.39 is 0 Å². The topological polar surface area (TPSA) is 75.0 Å². The van der Waals surface area contributed by atoms with Crippen LogP contribution in [0.4, 0.5) is 4.39 Å². The van der Waals surface area contributed by atoms with Gasteiger partial charge in [-0.1, -0.05) is 23.4 Å². The Morgan fingerprint density at radius 3 is 2.84 bits per heavy atom. The highest BCUT2D eigenvalue weighted by atomic mass is 19.1. The minimum atomic E-state index is -0.267. The number of aryl methyl sites for hydroxylation is 2. The number of hydrogen-bond acceptors (Lipinski definition) is 4. The number of benzene rings is 2. The summed E-state index contributed by atoms with van der Waals surface area (Å²) in [5.74, 6) is 1.14. The molecule has 3 heterocycles. The van der Waals surface area contributed by atoms with E-state index in [2.05, 4.69) is 39.5 Å². The normalized spacial score (nSPS) is 14.9. The maximum absolute atomic E-state index is 13.5. The van der Waals surface area contributed by atoms with E-state index in [0.29, 0.717) is 41.6 Å². The van der Waals surface area contributed by atoms with Crippen LogP contribution in [-0.2, 0) is 11.2 Å². The number of rotatable bonds is 5. The molecule has 1 fully saturated rings. The van der Waals surface area contributed by atoms with Crippen molar-refractivity contribution < 1.29 is 13.7 Å². The van der Waals surface area contributed by atoms with Crippen LogP contribution in [0.15, 0.2) is 53.2 Å². The molecule has 1 amide bonds. The Kier molecular flexibility index (Phi) is 5.47. The lowest BCUT2D eigenvalue weighted by molar-refractivity contribution is -0.132. The van der Waals surface area contributed by atoms with Crippen LogP contribution in [0.1, 0.15) is 42.2 Å². The van der Waals surface area contributed by atoms with Gasteiger partial charge in [-0.3, -0.25) is 4.79 Å². The van der Waals surface area contributed by atoms with Crippen molar-refractivity contribution in [3.63, 3.8) is 0 Å². The molecule has 1 aliphatic heterocycles. The molecule has 4 aromatic rings. The first-order valence-corrected chi connectivity index (χ1v) is 11.0. The van der Waals surface area contributed by atoms with Gasteiger partial charge in [-0.2, -0.15) is 4.98 Å². The van der Waals surface area contributed by atoms with Crippen LogP contribution in [0.25, 0.3) is 22.3 Å². The second kappa shape index (κ2) is 8.57. The van der Waals surface area contributed by atoms with Gasteiger partial charge in [0.05, 0.1) is 0 Å². The van der Waals surface area contributed by atoms with E-state index in [0.717, 1.165) is 31.4 Å². The smallest absolute Gasteiger partial charge is 0.227 e. The lowest BCUT2D eigenvalue weighted by Gasteiger charge is -2.32. The number of nitrogens with zero attached hydrogens (tertiary/aromatic N) is 3. The largest absolute Gasteiger partial charge is 0.361 e. The molecule has 164 valence electrons. The number of H-pyrrole nitrogens is 1. The quantitative estimate of drug-likeness (QED) is 0.481. The fraction of sp³-hybridized carbons (Fsp3) is 0.320. The SMILES string of the molecule is Cc1cc(-c2noc(CCC(=O)N3CCC(c4c[nH]c5ccccc45)CC3)n2)ccc1F. The first kappa shape index (κ1) is 20.4. The van der Waals surface area contributed by atoms with Crippen LogP contribution in [0, 0.1) is 12.7 Å². The Morgan fingerprint density at radius 1 is 1.22 bits per heavy atom. The fourth-order valence-electron chi connectivity index (χ4n) is 4.50. The molecule has 0 saturated carbocycles. The minimum Gasteiger partial charge on any atom is -0.361 e. The summed E-state index contributed by atoms with van der Waals surface area (Å²) >= 11 is 0. The van der Waals surface area contributed by atoms with Crippen molar-refractivity contribution in [3.05, 3.63) is 71.5 Å². The molecule has 2 aromatic carbocycles. The molecule has 7 heteroatoms. The fourth-order valence-corrected chi connectivity index (χ4v) is 4.50. The van der Waals surface area contributed by atoms with Gasteiger partial charge in [-0.25, -0.2) is 4.39 Å². The summed E-state index contributed by atoms with van der Waals surface area (Å²) in [6.45, 7) is 3.21. The monoisotopic (exact) mass is 432 g/mol. The Labute approximate surface area is 185 Å². The molecule has 0 atom stereocenters. The van der Waals surface area contributed by atoms with Gasteiger partial charge >= 0.3 is 0 Å². The number of halogens is 1. The molecule has 2 aromatic heterocycles. The predicted octanol–water partition coefficient (Wildman–Crippen LogP) is 5.00. The van der Waals surface area contributed by atoms with E-state index in [9.17, 15) is 9.18 Å². The zero-order valence-corrected chi connectivity index (χ0v) is 18.0. The van der Waals surface area contributed by atoms with Gasteiger partial charge in [0.1, 0.15) is 5.82 Å². The maximum Gasteiger partial charge on any atom is 0.227 e. The highest BCUT2D eigenvalue weighted by Crippen LogP contribution is 2.33. The van der Waals surface area contributed by atoms with Crippen LogP contribution in [0.3, 0.4) is 0 Å². The Balaban J connectivity index is 1.15. The number of hydrogen-bond donors (Lipinski definition) is 1. The zero-order chi connectivity index (χ0) is 22.1. The molecule has 0 radical (unpaired) electrons. The number of carbonyl (C=O) groups excluding carboxylic acids is 1. The minimum absolute atomic E-state index is 0.111. The van der Waals surface area contributed by atoms with Crippen molar-refractivity contribution in [2.45, 2.75) is 38.5 Å². The molecule has 5 rings (SSSR count). The van der Waals surface area contributed by atoms with Crippen molar-refractivity contribution >= 4 is 16.8 Å². The van der Waals surface area contributed by atoms with Gasteiger partial charge in [0.25, 0.3) is 0 Å². The van der Waals surface area contributed by atoms with E-state index in [1.807, 2.05) is 11.0 Å². The van der Waals surface area contributed by atoms with Gasteiger partial charge in [-0.05, 0) is 61.1 Å². The highest BCUT2D eigenvalue weighted by Gasteiger charge is 2.25. The molecular formula is C25H25FN4O2. The third kappa shape index (κ3) is 4.02. The van der Waals surface area contributed by atoms with E-state index in [1.165, 1.54) is 17.0 Å². The van der Waals surface area contributed by atoms with E-state index in [-0.39, 0.29) is 11.7 Å². The molecule has 6 nitrogen and oxygen atoms in total. The molecular weight excluding hydrogens is 407 g/mol. The van der Waals surface area contributed by atoms with Crippen LogP contribution in [-0.4, -0.2) is 39.0 Å². The third-order valence-electron chi connectivity index (χ3n) is 6.35. The lowest BCUT2D eigenvalue weighted by Crippen LogP contribution is -2.38. The maximum atomic E-state index is 13.5. The number of fused-ring (bicyclic) bond motifs is 1. The average Bonchev–Trinajstić information content (AvgIpc) is 3.47. The van der Waals surface area contributed by atoms with Crippen LogP contribution in [0.5, 0.6) is 0 Å². The summed E-state index contributed by atoms with van der Waals surface area (Å²) in [4.78, 5) is 22.4. The summed E-state index contributed by atoms with van der Waals surface area (Å²) in [7, 11) is 0. The molecule has 1 aliphatic rings. The summed E-state index contributed by atoms with van der Waals surface area (Å²) in [6.07, 6.45) is 4.77. The Morgan fingerprint density at radius 2 is 2.03 bits per heavy atom. The third-order valence-corrected chi connectivity index (χ3v) is 6.35. The summed E-state index contributed by atoms with van der Waals surface area (Å²) in [5, 5.41) is 5.25. The van der Waals surface area contributed by atoms with Gasteiger partial charge in [-0.15, -0.1) is 0 Å². The Hall–Kier alpha value is -3.48. The van der Waals surface area contributed by atoms with Crippen molar-refractivity contribution in [1.82, 2.24) is 20.0 Å². The van der Waals surface area contributed by atoms with E-state index in [1.54, 1.807) is 19.1 Å². The number of amides is 1. The van der Waals surface area contributed by atoms with Crippen LogP contribution < -0.4 is 0 Å². The van der Waals surface area contributed by atoms with Crippen LogP contribution >= 0.6 is 0 Å².